The Kier molecular flexibility index (Phi) is 2.96. The van der Waals surface area contributed by atoms with Gasteiger partial charge in [-0.1, -0.05) is 30.3 Å². The second-order valence-electron chi connectivity index (χ2n) is 4.20. The summed E-state index contributed by atoms with van der Waals surface area (Å²) in [4.78, 5) is 12.3. The third kappa shape index (κ3) is 2.21. The first-order valence-electron chi connectivity index (χ1n) is 5.56. The van der Waals surface area contributed by atoms with Crippen LogP contribution >= 0.6 is 0 Å². The van der Waals surface area contributed by atoms with Crippen molar-refractivity contribution in [1.29, 1.82) is 0 Å². The molecule has 0 aliphatic heterocycles. The Morgan fingerprint density at radius 2 is 1.76 bits per heavy atom. The van der Waals surface area contributed by atoms with E-state index in [9.17, 15) is 4.79 Å². The molecular weight excluding hydrogens is 210 g/mol. The molecule has 17 heavy (non-hydrogen) atoms. The highest BCUT2D eigenvalue weighted by Crippen LogP contribution is 2.18. The van der Waals surface area contributed by atoms with Gasteiger partial charge in [0.25, 0.3) is 0 Å². The van der Waals surface area contributed by atoms with Gasteiger partial charge in [0.05, 0.1) is 0 Å². The molecule has 2 nitrogen and oxygen atoms in total. The normalized spacial score (nSPS) is 10.2. The molecule has 2 aromatic rings. The van der Waals surface area contributed by atoms with Crippen molar-refractivity contribution in [3.8, 4) is 0 Å². The van der Waals surface area contributed by atoms with Crippen LogP contribution in [0, 0.1) is 13.8 Å². The quantitative estimate of drug-likeness (QED) is 0.630. The van der Waals surface area contributed by atoms with Gasteiger partial charge < -0.3 is 5.73 Å². The molecule has 86 valence electrons. The number of rotatable bonds is 2. The van der Waals surface area contributed by atoms with Crippen LogP contribution in [0.5, 0.6) is 0 Å². The Morgan fingerprint density at radius 3 is 2.47 bits per heavy atom. The van der Waals surface area contributed by atoms with E-state index in [1.54, 1.807) is 24.3 Å². The molecule has 2 aromatic carbocycles. The van der Waals surface area contributed by atoms with E-state index in [2.05, 4.69) is 0 Å². The lowest BCUT2D eigenvalue weighted by molar-refractivity contribution is 0.103. The summed E-state index contributed by atoms with van der Waals surface area (Å²) in [5, 5.41) is 0. The monoisotopic (exact) mass is 225 g/mol. The number of anilines is 1. The Balaban J connectivity index is 2.48. The summed E-state index contributed by atoms with van der Waals surface area (Å²) in [5.74, 6) is 0.0264. The lowest BCUT2D eigenvalue weighted by atomic mass is 9.96. The van der Waals surface area contributed by atoms with Gasteiger partial charge in [0.15, 0.2) is 5.78 Å². The lowest BCUT2D eigenvalue weighted by Crippen LogP contribution is -2.05. The molecule has 0 aliphatic carbocycles. The van der Waals surface area contributed by atoms with Crippen LogP contribution < -0.4 is 5.73 Å². The second-order valence-corrected chi connectivity index (χ2v) is 4.20. The molecule has 0 aromatic heterocycles. The van der Waals surface area contributed by atoms with E-state index >= 15 is 0 Å². The number of hydrogen-bond donors (Lipinski definition) is 1. The second kappa shape index (κ2) is 4.42. The van der Waals surface area contributed by atoms with Crippen LogP contribution in [-0.2, 0) is 0 Å². The maximum absolute atomic E-state index is 12.3. The summed E-state index contributed by atoms with van der Waals surface area (Å²) in [5.41, 5.74) is 9.84. The van der Waals surface area contributed by atoms with E-state index in [0.29, 0.717) is 11.3 Å². The van der Waals surface area contributed by atoms with Crippen molar-refractivity contribution in [2.75, 3.05) is 5.73 Å². The number of carbonyl (C=O) groups is 1. The minimum atomic E-state index is 0.0264. The number of benzene rings is 2. The van der Waals surface area contributed by atoms with Crippen LogP contribution in [0.3, 0.4) is 0 Å². The molecule has 0 amide bonds. The van der Waals surface area contributed by atoms with Gasteiger partial charge in [-0.05, 0) is 37.1 Å². The molecule has 0 heterocycles. The molecular formula is C15H15NO. The predicted octanol–water partition coefficient (Wildman–Crippen LogP) is 3.12. The predicted molar refractivity (Wildman–Crippen MR) is 70.2 cm³/mol. The first-order chi connectivity index (χ1) is 8.09. The van der Waals surface area contributed by atoms with Gasteiger partial charge in [0.2, 0.25) is 0 Å². The van der Waals surface area contributed by atoms with Crippen molar-refractivity contribution in [3.05, 3.63) is 64.7 Å². The van der Waals surface area contributed by atoms with Crippen LogP contribution in [0.25, 0.3) is 0 Å². The van der Waals surface area contributed by atoms with Gasteiger partial charge in [-0.25, -0.2) is 0 Å². The smallest absolute Gasteiger partial charge is 0.193 e. The summed E-state index contributed by atoms with van der Waals surface area (Å²) in [6.45, 7) is 3.97. The molecule has 0 radical (unpaired) electrons. The van der Waals surface area contributed by atoms with E-state index < -0.39 is 0 Å². The molecule has 0 aliphatic rings. The van der Waals surface area contributed by atoms with Crippen molar-refractivity contribution < 1.29 is 4.79 Å². The maximum Gasteiger partial charge on any atom is 0.193 e. The van der Waals surface area contributed by atoms with Gasteiger partial charge in [0, 0.05) is 16.8 Å². The molecule has 0 fully saturated rings. The van der Waals surface area contributed by atoms with Crippen LogP contribution in [0.1, 0.15) is 27.0 Å². The topological polar surface area (TPSA) is 43.1 Å². The van der Waals surface area contributed by atoms with Crippen LogP contribution in [0.15, 0.2) is 42.5 Å². The number of aryl methyl sites for hydroxylation is 1. The fraction of sp³-hybridized carbons (Fsp3) is 0.133. The Hall–Kier alpha value is -2.09. The minimum absolute atomic E-state index is 0.0264. The van der Waals surface area contributed by atoms with Crippen molar-refractivity contribution >= 4 is 11.5 Å². The highest BCUT2D eigenvalue weighted by molar-refractivity contribution is 6.10. The van der Waals surface area contributed by atoms with Gasteiger partial charge in [-0.15, -0.1) is 0 Å². The average molecular weight is 225 g/mol. The number of carbonyl (C=O) groups excluding carboxylic acids is 1. The van der Waals surface area contributed by atoms with E-state index in [1.165, 1.54) is 0 Å². The summed E-state index contributed by atoms with van der Waals surface area (Å²) >= 11 is 0. The van der Waals surface area contributed by atoms with Crippen molar-refractivity contribution in [2.24, 2.45) is 0 Å². The molecule has 0 saturated carbocycles. The first kappa shape index (κ1) is 11.4. The fourth-order valence-corrected chi connectivity index (χ4v) is 1.83. The summed E-state index contributed by atoms with van der Waals surface area (Å²) in [6, 6.07) is 12.8. The maximum atomic E-state index is 12.3. The highest BCUT2D eigenvalue weighted by atomic mass is 16.1. The van der Waals surface area contributed by atoms with Crippen LogP contribution in [0.4, 0.5) is 5.69 Å². The minimum Gasteiger partial charge on any atom is -0.399 e. The standard InChI is InChI=1S/C15H15NO/c1-10-5-3-8-14(11(10)2)15(17)12-6-4-7-13(16)9-12/h3-9H,16H2,1-2H3. The number of hydrogen-bond acceptors (Lipinski definition) is 2. The average Bonchev–Trinajstić information content (AvgIpc) is 2.32. The van der Waals surface area contributed by atoms with Crippen molar-refractivity contribution in [2.45, 2.75) is 13.8 Å². The molecule has 2 N–H and O–H groups in total. The van der Waals surface area contributed by atoms with Gasteiger partial charge in [-0.2, -0.15) is 0 Å². The molecule has 0 atom stereocenters. The molecule has 0 saturated heterocycles. The Bertz CT molecular complexity index is 573. The van der Waals surface area contributed by atoms with Gasteiger partial charge in [-0.3, -0.25) is 4.79 Å². The van der Waals surface area contributed by atoms with Crippen LogP contribution in [-0.4, -0.2) is 5.78 Å². The summed E-state index contributed by atoms with van der Waals surface area (Å²) < 4.78 is 0. The van der Waals surface area contributed by atoms with Gasteiger partial charge in [0.1, 0.15) is 0 Å². The summed E-state index contributed by atoms with van der Waals surface area (Å²) in [6.07, 6.45) is 0. The lowest BCUT2D eigenvalue weighted by Gasteiger charge is -2.08. The van der Waals surface area contributed by atoms with E-state index in [-0.39, 0.29) is 5.78 Å². The van der Waals surface area contributed by atoms with E-state index in [4.69, 9.17) is 5.73 Å². The molecule has 0 spiro atoms. The summed E-state index contributed by atoms with van der Waals surface area (Å²) in [7, 11) is 0. The molecule has 0 bridgehead atoms. The van der Waals surface area contributed by atoms with Crippen LogP contribution in [0.2, 0.25) is 0 Å². The third-order valence-electron chi connectivity index (χ3n) is 3.00. The fourth-order valence-electron chi connectivity index (χ4n) is 1.83. The highest BCUT2D eigenvalue weighted by Gasteiger charge is 2.12. The largest absolute Gasteiger partial charge is 0.399 e. The van der Waals surface area contributed by atoms with Crippen molar-refractivity contribution in [1.82, 2.24) is 0 Å². The number of ketones is 1. The Morgan fingerprint density at radius 1 is 1.06 bits per heavy atom. The SMILES string of the molecule is Cc1cccc(C(=O)c2cccc(N)c2)c1C. The van der Waals surface area contributed by atoms with Crippen molar-refractivity contribution in [3.63, 3.8) is 0 Å². The Labute approximate surface area is 101 Å². The van der Waals surface area contributed by atoms with Gasteiger partial charge >= 0.3 is 0 Å². The zero-order valence-corrected chi connectivity index (χ0v) is 10.0. The van der Waals surface area contributed by atoms with E-state index in [0.717, 1.165) is 16.7 Å². The molecule has 0 unspecified atom stereocenters. The third-order valence-corrected chi connectivity index (χ3v) is 3.00. The number of nitrogens with two attached hydrogens (primary N) is 1. The number of nitrogen functional groups attached to an aromatic ring is 1. The van der Waals surface area contributed by atoms with E-state index in [1.807, 2.05) is 32.0 Å². The zero-order chi connectivity index (χ0) is 12.4. The first-order valence-corrected chi connectivity index (χ1v) is 5.56. The molecule has 2 rings (SSSR count). The molecule has 2 heteroatoms. The zero-order valence-electron chi connectivity index (χ0n) is 10.0.